The summed E-state index contributed by atoms with van der Waals surface area (Å²) in [4.78, 5) is 17.0. The highest BCUT2D eigenvalue weighted by molar-refractivity contribution is 6.35. The van der Waals surface area contributed by atoms with Gasteiger partial charge in [-0.05, 0) is 42.0 Å². The van der Waals surface area contributed by atoms with E-state index in [9.17, 15) is 18.0 Å². The van der Waals surface area contributed by atoms with Crippen molar-refractivity contribution in [3.8, 4) is 11.4 Å². The average Bonchev–Trinajstić information content (AvgIpc) is 3.10. The average molecular weight is 456 g/mol. The molecule has 2 heterocycles. The van der Waals surface area contributed by atoms with Crippen LogP contribution in [0.15, 0.2) is 53.6 Å². The molecule has 0 aliphatic rings. The number of alkyl halides is 3. The standard InChI is InChI=1S/C18H10Cl2F3N5O2/c19-11-2-1-10(14(20)7-11)8-27-9-24-16-15(17(27)29)25-26-28(16)12-3-5-13(6-4-12)30-18(21,22)23/h1-7,9H,8H2. The van der Waals surface area contributed by atoms with E-state index in [1.54, 1.807) is 18.2 Å². The Balaban J connectivity index is 1.66. The molecular weight excluding hydrogens is 446 g/mol. The first-order chi connectivity index (χ1) is 14.2. The molecule has 2 aromatic heterocycles. The largest absolute Gasteiger partial charge is 0.573 e. The van der Waals surface area contributed by atoms with E-state index in [2.05, 4.69) is 20.0 Å². The van der Waals surface area contributed by atoms with Crippen LogP contribution in [0.5, 0.6) is 5.75 Å². The maximum Gasteiger partial charge on any atom is 0.573 e. The van der Waals surface area contributed by atoms with Gasteiger partial charge < -0.3 is 4.74 Å². The minimum Gasteiger partial charge on any atom is -0.406 e. The lowest BCUT2D eigenvalue weighted by atomic mass is 10.2. The van der Waals surface area contributed by atoms with Crippen LogP contribution >= 0.6 is 23.2 Å². The van der Waals surface area contributed by atoms with E-state index >= 15 is 0 Å². The van der Waals surface area contributed by atoms with E-state index in [0.29, 0.717) is 21.3 Å². The molecule has 2 aromatic carbocycles. The summed E-state index contributed by atoms with van der Waals surface area (Å²) in [5, 5.41) is 8.63. The Morgan fingerprint density at radius 3 is 2.47 bits per heavy atom. The van der Waals surface area contributed by atoms with Crippen LogP contribution < -0.4 is 10.3 Å². The predicted molar refractivity (Wildman–Crippen MR) is 103 cm³/mol. The molecule has 0 radical (unpaired) electrons. The topological polar surface area (TPSA) is 74.8 Å². The van der Waals surface area contributed by atoms with Crippen LogP contribution in [-0.2, 0) is 6.54 Å². The minimum atomic E-state index is -4.79. The van der Waals surface area contributed by atoms with Crippen molar-refractivity contribution in [3.63, 3.8) is 0 Å². The lowest BCUT2D eigenvalue weighted by Gasteiger charge is -2.09. The number of aromatic nitrogens is 5. The van der Waals surface area contributed by atoms with E-state index in [1.165, 1.54) is 27.7 Å². The maximum atomic E-state index is 12.8. The molecule has 4 aromatic rings. The van der Waals surface area contributed by atoms with Crippen LogP contribution in [0.4, 0.5) is 13.2 Å². The van der Waals surface area contributed by atoms with E-state index in [-0.39, 0.29) is 23.5 Å². The van der Waals surface area contributed by atoms with Crippen LogP contribution in [0, 0.1) is 0 Å². The van der Waals surface area contributed by atoms with Gasteiger partial charge in [-0.3, -0.25) is 9.36 Å². The number of nitrogens with zero attached hydrogens (tertiary/aromatic N) is 5. The van der Waals surface area contributed by atoms with Crippen molar-refractivity contribution in [2.45, 2.75) is 12.9 Å². The molecule has 30 heavy (non-hydrogen) atoms. The SMILES string of the molecule is O=c1c2nnn(-c3ccc(OC(F)(F)F)cc3)c2ncn1Cc1ccc(Cl)cc1Cl. The van der Waals surface area contributed by atoms with Gasteiger partial charge in [0.2, 0.25) is 0 Å². The van der Waals surface area contributed by atoms with Crippen molar-refractivity contribution in [2.24, 2.45) is 0 Å². The van der Waals surface area contributed by atoms with Gasteiger partial charge in [0, 0.05) is 10.0 Å². The van der Waals surface area contributed by atoms with Gasteiger partial charge in [-0.2, -0.15) is 4.68 Å². The van der Waals surface area contributed by atoms with Gasteiger partial charge in [0.25, 0.3) is 5.56 Å². The molecule has 0 aliphatic heterocycles. The Morgan fingerprint density at radius 1 is 1.07 bits per heavy atom. The summed E-state index contributed by atoms with van der Waals surface area (Å²) in [6, 6.07) is 9.86. The first-order valence-corrected chi connectivity index (χ1v) is 9.08. The molecule has 0 spiro atoms. The molecule has 4 rings (SSSR count). The second kappa shape index (κ2) is 7.62. The lowest BCUT2D eigenvalue weighted by Crippen LogP contribution is -2.21. The van der Waals surface area contributed by atoms with Gasteiger partial charge in [0.15, 0.2) is 11.2 Å². The smallest absolute Gasteiger partial charge is 0.406 e. The van der Waals surface area contributed by atoms with Gasteiger partial charge in [-0.25, -0.2) is 4.98 Å². The highest BCUT2D eigenvalue weighted by Crippen LogP contribution is 2.24. The molecule has 0 atom stereocenters. The molecule has 7 nitrogen and oxygen atoms in total. The van der Waals surface area contributed by atoms with Crippen molar-refractivity contribution >= 4 is 34.4 Å². The van der Waals surface area contributed by atoms with E-state index in [0.717, 1.165) is 12.1 Å². The summed E-state index contributed by atoms with van der Waals surface area (Å²) in [5.74, 6) is -0.383. The Bertz CT molecular complexity index is 1290. The molecule has 0 N–H and O–H groups in total. The zero-order valence-electron chi connectivity index (χ0n) is 14.8. The minimum absolute atomic E-state index is 0.00166. The zero-order chi connectivity index (χ0) is 21.5. The summed E-state index contributed by atoms with van der Waals surface area (Å²) in [5.41, 5.74) is 0.727. The van der Waals surface area contributed by atoms with Crippen LogP contribution in [0.25, 0.3) is 16.9 Å². The number of fused-ring (bicyclic) bond motifs is 1. The Labute approximate surface area is 176 Å². The van der Waals surface area contributed by atoms with E-state index in [1.807, 2.05) is 0 Å². The van der Waals surface area contributed by atoms with Gasteiger partial charge in [0.05, 0.1) is 12.2 Å². The molecule has 0 saturated heterocycles. The second-order valence-electron chi connectivity index (χ2n) is 6.13. The summed E-state index contributed by atoms with van der Waals surface area (Å²) < 4.78 is 43.3. The van der Waals surface area contributed by atoms with Crippen LogP contribution in [-0.4, -0.2) is 30.9 Å². The molecule has 0 aliphatic carbocycles. The number of ether oxygens (including phenoxy) is 1. The third-order valence-electron chi connectivity index (χ3n) is 4.10. The molecule has 0 unspecified atom stereocenters. The second-order valence-corrected chi connectivity index (χ2v) is 6.97. The first-order valence-electron chi connectivity index (χ1n) is 8.32. The van der Waals surface area contributed by atoms with Crippen LogP contribution in [0.1, 0.15) is 5.56 Å². The molecule has 0 bridgehead atoms. The fraction of sp³-hybridized carbons (Fsp3) is 0.111. The van der Waals surface area contributed by atoms with Crippen molar-refractivity contribution in [3.05, 3.63) is 74.8 Å². The van der Waals surface area contributed by atoms with Crippen LogP contribution in [0.2, 0.25) is 10.0 Å². The number of halogens is 5. The molecule has 0 amide bonds. The molecule has 12 heteroatoms. The monoisotopic (exact) mass is 455 g/mol. The van der Waals surface area contributed by atoms with E-state index in [4.69, 9.17) is 23.2 Å². The lowest BCUT2D eigenvalue weighted by molar-refractivity contribution is -0.274. The number of hydrogen-bond acceptors (Lipinski definition) is 5. The molecular formula is C18H10Cl2F3N5O2. The van der Waals surface area contributed by atoms with Gasteiger partial charge >= 0.3 is 6.36 Å². The highest BCUT2D eigenvalue weighted by atomic mass is 35.5. The van der Waals surface area contributed by atoms with Gasteiger partial charge in [-0.1, -0.05) is 34.5 Å². The van der Waals surface area contributed by atoms with Crippen molar-refractivity contribution in [1.82, 2.24) is 24.5 Å². The number of benzene rings is 2. The Hall–Kier alpha value is -3.11. The van der Waals surface area contributed by atoms with E-state index < -0.39 is 11.9 Å². The normalized spacial score (nSPS) is 11.8. The summed E-state index contributed by atoms with van der Waals surface area (Å²) >= 11 is 12.0. The van der Waals surface area contributed by atoms with Crippen molar-refractivity contribution < 1.29 is 17.9 Å². The third-order valence-corrected chi connectivity index (χ3v) is 4.69. The summed E-state index contributed by atoms with van der Waals surface area (Å²) in [6.07, 6.45) is -3.47. The number of hydrogen-bond donors (Lipinski definition) is 0. The first kappa shape index (κ1) is 20.2. The molecule has 0 saturated carbocycles. The summed E-state index contributed by atoms with van der Waals surface area (Å²) in [6.45, 7) is 0.147. The fourth-order valence-electron chi connectivity index (χ4n) is 2.75. The van der Waals surface area contributed by atoms with Gasteiger partial charge in [0.1, 0.15) is 12.1 Å². The summed E-state index contributed by atoms with van der Waals surface area (Å²) in [7, 11) is 0. The molecule has 0 fully saturated rings. The number of rotatable bonds is 4. The maximum absolute atomic E-state index is 12.8. The zero-order valence-corrected chi connectivity index (χ0v) is 16.3. The van der Waals surface area contributed by atoms with Crippen molar-refractivity contribution in [1.29, 1.82) is 0 Å². The Morgan fingerprint density at radius 2 is 1.80 bits per heavy atom. The van der Waals surface area contributed by atoms with Crippen molar-refractivity contribution in [2.75, 3.05) is 0 Å². The Kier molecular flexibility index (Phi) is 5.12. The quantitative estimate of drug-likeness (QED) is 0.460. The third kappa shape index (κ3) is 4.10. The molecule has 154 valence electrons. The predicted octanol–water partition coefficient (Wildman–Crippen LogP) is 4.23. The van der Waals surface area contributed by atoms with Crippen LogP contribution in [0.3, 0.4) is 0 Å². The van der Waals surface area contributed by atoms with Gasteiger partial charge in [-0.15, -0.1) is 18.3 Å². The highest BCUT2D eigenvalue weighted by Gasteiger charge is 2.31. The fourth-order valence-corrected chi connectivity index (χ4v) is 3.22.